The lowest BCUT2D eigenvalue weighted by molar-refractivity contribution is -0.308. The van der Waals surface area contributed by atoms with Gasteiger partial charge in [-0.2, -0.15) is 13.2 Å². The van der Waals surface area contributed by atoms with Crippen LogP contribution in [0.4, 0.5) is 13.2 Å². The summed E-state index contributed by atoms with van der Waals surface area (Å²) in [6.45, 7) is 6.19. The first kappa shape index (κ1) is 21.9. The van der Waals surface area contributed by atoms with Gasteiger partial charge in [0.2, 0.25) is 0 Å². The molecular formula is C20H22F3NO4. The second-order valence-electron chi connectivity index (χ2n) is 7.32. The molecule has 8 heteroatoms. The molecule has 152 valence electrons. The molecule has 1 aromatic rings. The third kappa shape index (κ3) is 4.72. The Morgan fingerprint density at radius 3 is 2.36 bits per heavy atom. The van der Waals surface area contributed by atoms with Gasteiger partial charge in [-0.15, -0.1) is 5.92 Å². The Kier molecular flexibility index (Phi) is 5.93. The van der Waals surface area contributed by atoms with Crippen molar-refractivity contribution < 1.29 is 32.5 Å². The monoisotopic (exact) mass is 397 g/mol. The van der Waals surface area contributed by atoms with E-state index >= 15 is 0 Å². The van der Waals surface area contributed by atoms with Crippen LogP contribution in [0.5, 0.6) is 0 Å². The van der Waals surface area contributed by atoms with Gasteiger partial charge in [0.1, 0.15) is 11.3 Å². The number of ether oxygens (including phenoxy) is 2. The van der Waals surface area contributed by atoms with Gasteiger partial charge in [-0.05, 0) is 33.6 Å². The second kappa shape index (κ2) is 7.57. The van der Waals surface area contributed by atoms with Gasteiger partial charge in [0, 0.05) is 12.0 Å². The van der Waals surface area contributed by atoms with Gasteiger partial charge in [0.25, 0.3) is 11.5 Å². The Balaban J connectivity index is 2.45. The molecule has 0 radical (unpaired) electrons. The van der Waals surface area contributed by atoms with Crippen LogP contribution in [-0.4, -0.2) is 40.1 Å². The van der Waals surface area contributed by atoms with Crippen LogP contribution in [0.1, 0.15) is 46.1 Å². The maximum atomic E-state index is 13.9. The molecule has 2 atom stereocenters. The number of carbonyl (C=O) groups excluding carboxylic acids is 1. The zero-order chi connectivity index (χ0) is 21.2. The minimum atomic E-state index is -4.99. The number of hydrogen-bond donors (Lipinski definition) is 1. The number of rotatable bonds is 4. The van der Waals surface area contributed by atoms with E-state index in [9.17, 15) is 23.1 Å². The lowest BCUT2D eigenvalue weighted by Crippen LogP contribution is -2.49. The molecule has 1 heterocycles. The summed E-state index contributed by atoms with van der Waals surface area (Å²) in [4.78, 5) is 15.6. The van der Waals surface area contributed by atoms with Crippen LogP contribution in [0, 0.1) is 11.8 Å². The first-order chi connectivity index (χ1) is 12.8. The van der Waals surface area contributed by atoms with Crippen LogP contribution in [0.15, 0.2) is 35.3 Å². The molecule has 5 nitrogen and oxygen atoms in total. The van der Waals surface area contributed by atoms with Gasteiger partial charge >= 0.3 is 12.1 Å². The summed E-state index contributed by atoms with van der Waals surface area (Å²) in [5.74, 6) is 1.25. The molecule has 0 saturated heterocycles. The van der Waals surface area contributed by atoms with E-state index in [0.717, 1.165) is 0 Å². The van der Waals surface area contributed by atoms with Gasteiger partial charge in [-0.3, -0.25) is 9.53 Å². The van der Waals surface area contributed by atoms with E-state index in [2.05, 4.69) is 16.8 Å². The Morgan fingerprint density at radius 1 is 1.25 bits per heavy atom. The van der Waals surface area contributed by atoms with E-state index in [4.69, 9.17) is 9.47 Å². The lowest BCUT2D eigenvalue weighted by Gasteiger charge is -2.30. The van der Waals surface area contributed by atoms with Gasteiger partial charge in [-0.25, -0.2) is 4.99 Å². The highest BCUT2D eigenvalue weighted by atomic mass is 19.4. The number of carbonyl (C=O) groups is 1. The Labute approximate surface area is 161 Å². The molecule has 28 heavy (non-hydrogen) atoms. The first-order valence-corrected chi connectivity index (χ1v) is 8.63. The standard InChI is InChI=1S/C20H22F3NO4/c1-5-12-18(26)16(14-9-7-6-8-10-14)24-19(28-18,20(21,22)23)13-11-15(25)27-17(2,3)4/h6-10,26H,11,13H2,1-4H3. The van der Waals surface area contributed by atoms with E-state index in [1.807, 2.05) is 0 Å². The van der Waals surface area contributed by atoms with Crippen molar-refractivity contribution in [2.75, 3.05) is 0 Å². The maximum Gasteiger partial charge on any atom is 0.438 e. The summed E-state index contributed by atoms with van der Waals surface area (Å²) < 4.78 is 51.9. The summed E-state index contributed by atoms with van der Waals surface area (Å²) in [5.41, 5.74) is -4.08. The van der Waals surface area contributed by atoms with Crippen molar-refractivity contribution in [3.05, 3.63) is 35.9 Å². The molecule has 1 aliphatic rings. The molecular weight excluding hydrogens is 375 g/mol. The SMILES string of the molecule is CC#CC1(O)OC(CCC(=O)OC(C)(C)C)(C(F)(F)F)N=C1c1ccccc1. The van der Waals surface area contributed by atoms with Crippen LogP contribution in [-0.2, 0) is 14.3 Å². The summed E-state index contributed by atoms with van der Waals surface area (Å²) in [5, 5.41) is 10.7. The van der Waals surface area contributed by atoms with Crippen molar-refractivity contribution >= 4 is 11.7 Å². The van der Waals surface area contributed by atoms with Gasteiger partial charge in [0.15, 0.2) is 0 Å². The molecule has 0 aliphatic carbocycles. The van der Waals surface area contributed by atoms with Crippen molar-refractivity contribution in [1.82, 2.24) is 0 Å². The molecule has 1 aliphatic heterocycles. The summed E-state index contributed by atoms with van der Waals surface area (Å²) >= 11 is 0. The summed E-state index contributed by atoms with van der Waals surface area (Å²) in [7, 11) is 0. The number of benzene rings is 1. The van der Waals surface area contributed by atoms with Crippen LogP contribution in [0.25, 0.3) is 0 Å². The van der Waals surface area contributed by atoms with Crippen LogP contribution in [0.2, 0.25) is 0 Å². The third-order valence-corrected chi connectivity index (χ3v) is 3.80. The average Bonchev–Trinajstić information content (AvgIpc) is 2.86. The summed E-state index contributed by atoms with van der Waals surface area (Å²) in [6, 6.07) is 7.83. The molecule has 1 aromatic carbocycles. The Hall–Kier alpha value is -2.37. The van der Waals surface area contributed by atoms with Crippen molar-refractivity contribution in [2.45, 2.75) is 63.8 Å². The Morgan fingerprint density at radius 2 is 1.86 bits per heavy atom. The number of aliphatic hydroxyl groups is 1. The fourth-order valence-electron chi connectivity index (χ4n) is 2.72. The van der Waals surface area contributed by atoms with E-state index in [-0.39, 0.29) is 11.3 Å². The number of alkyl halides is 3. The predicted octanol–water partition coefficient (Wildman–Crippen LogP) is 3.60. The lowest BCUT2D eigenvalue weighted by atomic mass is 10.0. The second-order valence-corrected chi connectivity index (χ2v) is 7.32. The van der Waals surface area contributed by atoms with Gasteiger partial charge in [-0.1, -0.05) is 30.3 Å². The van der Waals surface area contributed by atoms with Crippen LogP contribution >= 0.6 is 0 Å². The molecule has 0 aromatic heterocycles. The number of aliphatic imine (C=N–C) groups is 1. The highest BCUT2D eigenvalue weighted by Crippen LogP contribution is 2.46. The van der Waals surface area contributed by atoms with Crippen molar-refractivity contribution in [3.8, 4) is 11.8 Å². The number of esters is 1. The van der Waals surface area contributed by atoms with Gasteiger partial charge in [0.05, 0.1) is 6.42 Å². The zero-order valence-corrected chi connectivity index (χ0v) is 16.1. The largest absolute Gasteiger partial charge is 0.460 e. The predicted molar refractivity (Wildman–Crippen MR) is 96.3 cm³/mol. The molecule has 0 saturated carbocycles. The fourth-order valence-corrected chi connectivity index (χ4v) is 2.72. The van der Waals surface area contributed by atoms with E-state index in [0.29, 0.717) is 0 Å². The number of hydrogen-bond acceptors (Lipinski definition) is 5. The highest BCUT2D eigenvalue weighted by Gasteiger charge is 2.65. The molecule has 1 N–H and O–H groups in total. The minimum absolute atomic E-state index is 0.233. The molecule has 2 rings (SSSR count). The molecule has 0 bridgehead atoms. The molecule has 0 fully saturated rings. The first-order valence-electron chi connectivity index (χ1n) is 8.63. The minimum Gasteiger partial charge on any atom is -0.460 e. The molecule has 2 unspecified atom stereocenters. The van der Waals surface area contributed by atoms with E-state index in [1.54, 1.807) is 39.0 Å². The highest BCUT2D eigenvalue weighted by molar-refractivity contribution is 6.08. The summed E-state index contributed by atoms with van der Waals surface area (Å²) in [6.07, 6.45) is -6.44. The van der Waals surface area contributed by atoms with Crippen LogP contribution in [0.3, 0.4) is 0 Å². The smallest absolute Gasteiger partial charge is 0.438 e. The quantitative estimate of drug-likeness (QED) is 0.623. The number of nitrogens with zero attached hydrogens (tertiary/aromatic N) is 1. The molecule has 0 spiro atoms. The van der Waals surface area contributed by atoms with E-state index < -0.39 is 42.1 Å². The normalized spacial score (nSPS) is 24.9. The molecule has 0 amide bonds. The third-order valence-electron chi connectivity index (χ3n) is 3.80. The average molecular weight is 397 g/mol. The van der Waals surface area contributed by atoms with Crippen molar-refractivity contribution in [2.24, 2.45) is 4.99 Å². The van der Waals surface area contributed by atoms with Crippen molar-refractivity contribution in [1.29, 1.82) is 0 Å². The zero-order valence-electron chi connectivity index (χ0n) is 16.1. The Bertz CT molecular complexity index is 818. The van der Waals surface area contributed by atoms with E-state index in [1.165, 1.54) is 19.1 Å². The van der Waals surface area contributed by atoms with Crippen LogP contribution < -0.4 is 0 Å². The number of halogens is 3. The fraction of sp³-hybridized carbons (Fsp3) is 0.500. The topological polar surface area (TPSA) is 68.1 Å². The maximum absolute atomic E-state index is 13.9. The van der Waals surface area contributed by atoms with Crippen molar-refractivity contribution in [3.63, 3.8) is 0 Å². The van der Waals surface area contributed by atoms with Gasteiger partial charge < -0.3 is 9.84 Å².